The van der Waals surface area contributed by atoms with Gasteiger partial charge in [-0.1, -0.05) is 11.6 Å². The number of nitrogens with one attached hydrogen (secondary N) is 1. The van der Waals surface area contributed by atoms with Crippen LogP contribution in [0.4, 0.5) is 5.69 Å². The molecule has 3 aromatic rings. The highest BCUT2D eigenvalue weighted by Crippen LogP contribution is 2.31. The minimum absolute atomic E-state index is 0.356. The van der Waals surface area contributed by atoms with Crippen molar-refractivity contribution in [2.75, 3.05) is 12.4 Å². The lowest BCUT2D eigenvalue weighted by atomic mass is 10.1. The smallest absolute Gasteiger partial charge is 0.336 e. The number of rotatable bonds is 5. The second-order valence-corrected chi connectivity index (χ2v) is 6.86. The lowest BCUT2D eigenvalue weighted by Gasteiger charge is -2.17. The van der Waals surface area contributed by atoms with Crippen LogP contribution in [-0.2, 0) is 4.79 Å². The summed E-state index contributed by atoms with van der Waals surface area (Å²) < 4.78 is 16.2. The van der Waals surface area contributed by atoms with Gasteiger partial charge >= 0.3 is 5.63 Å². The molecule has 0 saturated carbocycles. The summed E-state index contributed by atoms with van der Waals surface area (Å²) in [6.45, 7) is 5.29. The predicted octanol–water partition coefficient (Wildman–Crippen LogP) is 4.48. The summed E-state index contributed by atoms with van der Waals surface area (Å²) >= 11 is 6.09. The van der Waals surface area contributed by atoms with Gasteiger partial charge < -0.3 is 19.2 Å². The molecule has 3 rings (SSSR count). The molecule has 6 nitrogen and oxygen atoms in total. The molecular formula is C21H20ClNO5. The predicted molar refractivity (Wildman–Crippen MR) is 109 cm³/mol. The molecule has 0 aliphatic heterocycles. The van der Waals surface area contributed by atoms with E-state index in [1.807, 2.05) is 13.8 Å². The second kappa shape index (κ2) is 7.94. The summed E-state index contributed by atoms with van der Waals surface area (Å²) in [6.07, 6.45) is -0.797. The Morgan fingerprint density at radius 2 is 1.89 bits per heavy atom. The number of carbonyl (C=O) groups is 1. The number of fused-ring (bicyclic) bond motifs is 1. The number of hydrogen-bond donors (Lipinski definition) is 1. The highest BCUT2D eigenvalue weighted by molar-refractivity contribution is 6.31. The van der Waals surface area contributed by atoms with E-state index in [4.69, 9.17) is 25.5 Å². The van der Waals surface area contributed by atoms with Crippen LogP contribution in [0.5, 0.6) is 11.5 Å². The number of halogens is 1. The third kappa shape index (κ3) is 4.12. The van der Waals surface area contributed by atoms with Gasteiger partial charge in [-0.15, -0.1) is 0 Å². The quantitative estimate of drug-likeness (QED) is 0.638. The fraction of sp³-hybridized carbons (Fsp3) is 0.238. The number of carbonyl (C=O) groups excluding carboxylic acids is 1. The van der Waals surface area contributed by atoms with Gasteiger partial charge in [0.1, 0.15) is 17.1 Å². The standard InChI is InChI=1S/C21H20ClNO5/c1-11-8-20(24)28-18-9-14(5-6-15(11)18)27-13(3)21(25)23-17-7-12(2)16(22)10-19(17)26-4/h5-10,13H,1-4H3,(H,23,25). The first-order chi connectivity index (χ1) is 13.3. The zero-order chi connectivity index (χ0) is 20.4. The molecular weight excluding hydrogens is 382 g/mol. The minimum Gasteiger partial charge on any atom is -0.495 e. The molecule has 0 fully saturated rings. The van der Waals surface area contributed by atoms with Crippen molar-refractivity contribution in [3.8, 4) is 11.5 Å². The van der Waals surface area contributed by atoms with Crippen molar-refractivity contribution in [3.05, 3.63) is 63.0 Å². The van der Waals surface area contributed by atoms with Crippen LogP contribution in [-0.4, -0.2) is 19.1 Å². The molecule has 0 radical (unpaired) electrons. The zero-order valence-electron chi connectivity index (χ0n) is 16.0. The highest BCUT2D eigenvalue weighted by atomic mass is 35.5. The molecule has 0 bridgehead atoms. The molecule has 1 aromatic heterocycles. The van der Waals surface area contributed by atoms with Gasteiger partial charge in [0.05, 0.1) is 12.8 Å². The van der Waals surface area contributed by atoms with Crippen LogP contribution in [0.2, 0.25) is 5.02 Å². The molecule has 0 aliphatic carbocycles. The first-order valence-corrected chi connectivity index (χ1v) is 9.02. The molecule has 0 aliphatic rings. The van der Waals surface area contributed by atoms with E-state index in [9.17, 15) is 9.59 Å². The second-order valence-electron chi connectivity index (χ2n) is 6.46. The Bertz CT molecular complexity index is 1110. The van der Waals surface area contributed by atoms with Gasteiger partial charge in [0.2, 0.25) is 0 Å². The molecule has 146 valence electrons. The Morgan fingerprint density at radius 1 is 1.14 bits per heavy atom. The van der Waals surface area contributed by atoms with Crippen LogP contribution < -0.4 is 20.4 Å². The molecule has 7 heteroatoms. The maximum absolute atomic E-state index is 12.6. The summed E-state index contributed by atoms with van der Waals surface area (Å²) in [5.41, 5.74) is 2.10. The first-order valence-electron chi connectivity index (χ1n) is 8.64. The summed E-state index contributed by atoms with van der Waals surface area (Å²) in [5.74, 6) is 0.521. The number of amides is 1. The molecule has 28 heavy (non-hydrogen) atoms. The first kappa shape index (κ1) is 19.8. The fourth-order valence-corrected chi connectivity index (χ4v) is 2.95. The van der Waals surface area contributed by atoms with Gasteiger partial charge in [-0.25, -0.2) is 4.79 Å². The molecule has 1 amide bonds. The van der Waals surface area contributed by atoms with Crippen molar-refractivity contribution in [1.82, 2.24) is 0 Å². The van der Waals surface area contributed by atoms with Crippen molar-refractivity contribution in [3.63, 3.8) is 0 Å². The normalized spacial score (nSPS) is 11.9. The van der Waals surface area contributed by atoms with Gasteiger partial charge in [-0.2, -0.15) is 0 Å². The van der Waals surface area contributed by atoms with E-state index in [0.29, 0.717) is 27.8 Å². The van der Waals surface area contributed by atoms with E-state index < -0.39 is 11.7 Å². The molecule has 1 N–H and O–H groups in total. The Morgan fingerprint density at radius 3 is 2.61 bits per heavy atom. The van der Waals surface area contributed by atoms with Crippen molar-refractivity contribution in [1.29, 1.82) is 0 Å². The van der Waals surface area contributed by atoms with E-state index in [1.165, 1.54) is 13.2 Å². The van der Waals surface area contributed by atoms with Crippen LogP contribution in [0.25, 0.3) is 11.0 Å². The van der Waals surface area contributed by atoms with E-state index in [-0.39, 0.29) is 5.91 Å². The molecule has 1 atom stereocenters. The Kier molecular flexibility index (Phi) is 5.61. The van der Waals surface area contributed by atoms with Gasteiger partial charge in [0.15, 0.2) is 6.10 Å². The minimum atomic E-state index is -0.797. The Labute approximate surface area is 167 Å². The van der Waals surface area contributed by atoms with Crippen molar-refractivity contribution in [2.45, 2.75) is 26.9 Å². The molecule has 1 unspecified atom stereocenters. The SMILES string of the molecule is COc1cc(Cl)c(C)cc1NC(=O)C(C)Oc1ccc2c(C)cc(=O)oc2c1. The van der Waals surface area contributed by atoms with E-state index in [1.54, 1.807) is 37.3 Å². The Hall–Kier alpha value is -2.99. The average Bonchev–Trinajstić information content (AvgIpc) is 2.63. The highest BCUT2D eigenvalue weighted by Gasteiger charge is 2.18. The van der Waals surface area contributed by atoms with Gasteiger partial charge in [0.25, 0.3) is 5.91 Å². The van der Waals surface area contributed by atoms with Crippen LogP contribution in [0.3, 0.4) is 0 Å². The van der Waals surface area contributed by atoms with E-state index in [0.717, 1.165) is 16.5 Å². The maximum atomic E-state index is 12.6. The summed E-state index contributed by atoms with van der Waals surface area (Å²) in [4.78, 5) is 24.1. The van der Waals surface area contributed by atoms with E-state index >= 15 is 0 Å². The number of hydrogen-bond acceptors (Lipinski definition) is 5. The zero-order valence-corrected chi connectivity index (χ0v) is 16.7. The number of aryl methyl sites for hydroxylation is 2. The third-order valence-corrected chi connectivity index (χ3v) is 4.75. The monoisotopic (exact) mass is 401 g/mol. The summed E-state index contributed by atoms with van der Waals surface area (Å²) in [5, 5.41) is 4.14. The summed E-state index contributed by atoms with van der Waals surface area (Å²) in [6, 6.07) is 9.93. The molecule has 0 spiro atoms. The number of ether oxygens (including phenoxy) is 2. The van der Waals surface area contributed by atoms with Gasteiger partial charge in [-0.05, 0) is 50.1 Å². The molecule has 1 heterocycles. The number of methoxy groups -OCH3 is 1. The molecule has 0 saturated heterocycles. The topological polar surface area (TPSA) is 77.8 Å². The van der Waals surface area contributed by atoms with Crippen LogP contribution >= 0.6 is 11.6 Å². The van der Waals surface area contributed by atoms with Gasteiger partial charge in [-0.3, -0.25) is 4.79 Å². The van der Waals surface area contributed by atoms with Crippen molar-refractivity contribution < 1.29 is 18.7 Å². The number of benzene rings is 2. The summed E-state index contributed by atoms with van der Waals surface area (Å²) in [7, 11) is 1.50. The average molecular weight is 402 g/mol. The van der Waals surface area contributed by atoms with E-state index in [2.05, 4.69) is 5.32 Å². The fourth-order valence-electron chi connectivity index (χ4n) is 2.80. The lowest BCUT2D eigenvalue weighted by molar-refractivity contribution is -0.122. The third-order valence-electron chi connectivity index (χ3n) is 4.34. The maximum Gasteiger partial charge on any atom is 0.336 e. The van der Waals surface area contributed by atoms with Crippen molar-refractivity contribution >= 4 is 34.2 Å². The molecule has 2 aromatic carbocycles. The van der Waals surface area contributed by atoms with Crippen LogP contribution in [0, 0.1) is 13.8 Å². The largest absolute Gasteiger partial charge is 0.495 e. The Balaban J connectivity index is 1.79. The van der Waals surface area contributed by atoms with Crippen molar-refractivity contribution in [2.24, 2.45) is 0 Å². The van der Waals surface area contributed by atoms with Gasteiger partial charge in [0, 0.05) is 28.6 Å². The van der Waals surface area contributed by atoms with Crippen LogP contribution in [0.1, 0.15) is 18.1 Å². The van der Waals surface area contributed by atoms with Crippen LogP contribution in [0.15, 0.2) is 45.6 Å². The lowest BCUT2D eigenvalue weighted by Crippen LogP contribution is -2.30. The number of anilines is 1.